The van der Waals surface area contributed by atoms with Crippen molar-refractivity contribution in [2.45, 2.75) is 25.8 Å². The molecule has 0 bridgehead atoms. The molecule has 0 aliphatic heterocycles. The first-order valence-electron chi connectivity index (χ1n) is 9.99. The maximum Gasteiger partial charge on any atom is 0.373 e. The van der Waals surface area contributed by atoms with Crippen LogP contribution in [-0.4, -0.2) is 49.7 Å². The topological polar surface area (TPSA) is 195 Å². The van der Waals surface area contributed by atoms with E-state index in [2.05, 4.69) is 0 Å². The minimum Gasteiger partial charge on any atom is -0.508 e. The first kappa shape index (κ1) is 30.3. The average Bonchev–Trinajstić information content (AvgIpc) is 2.80. The van der Waals surface area contributed by atoms with Gasteiger partial charge in [0.25, 0.3) is 0 Å². The number of nitrogens with two attached hydrogens (primary N) is 1. The first-order valence-corrected chi connectivity index (χ1v) is 9.99. The van der Waals surface area contributed by atoms with Gasteiger partial charge in [0.05, 0.1) is 6.42 Å². The van der Waals surface area contributed by atoms with Crippen molar-refractivity contribution in [2.24, 2.45) is 5.73 Å². The number of rotatable bonds is 5. The highest BCUT2D eigenvalue weighted by molar-refractivity contribution is 5.73. The number of carboxylic acid groups (broad SMARTS) is 2. The molecule has 3 aromatic rings. The van der Waals surface area contributed by atoms with Crippen LogP contribution in [0.25, 0.3) is 0 Å². The Labute approximate surface area is 201 Å². The molecule has 0 fully saturated rings. The molecule has 3 rings (SSSR count). The van der Waals surface area contributed by atoms with E-state index in [1.807, 2.05) is 19.1 Å². The largest absolute Gasteiger partial charge is 0.508 e. The summed E-state index contributed by atoms with van der Waals surface area (Å²) in [6, 6.07) is 18.6. The summed E-state index contributed by atoms with van der Waals surface area (Å²) in [5.41, 5.74) is 7.98. The highest BCUT2D eigenvalue weighted by atomic mass is 16.4. The summed E-state index contributed by atoms with van der Waals surface area (Å²) in [4.78, 5) is 36.8. The number of carbonyl (C=O) groups excluding carboxylic acids is 2. The Morgan fingerprint density at radius 1 is 0.743 bits per heavy atom. The quantitative estimate of drug-likeness (QED) is 0.312. The summed E-state index contributed by atoms with van der Waals surface area (Å²) in [5, 5.41) is 43.4. The predicted molar refractivity (Wildman–Crippen MR) is 125 cm³/mol. The number of aromatic hydroxyl groups is 3. The van der Waals surface area contributed by atoms with Crippen LogP contribution in [0.2, 0.25) is 0 Å². The smallest absolute Gasteiger partial charge is 0.373 e. The van der Waals surface area contributed by atoms with E-state index in [-0.39, 0.29) is 30.5 Å². The van der Waals surface area contributed by atoms with Crippen LogP contribution in [0.5, 0.6) is 17.2 Å². The lowest BCUT2D eigenvalue weighted by Gasteiger charge is -2.05. The molecule has 0 aliphatic rings. The zero-order chi connectivity index (χ0) is 26.8. The Morgan fingerprint density at radius 3 is 1.40 bits per heavy atom. The molecule has 35 heavy (non-hydrogen) atoms. The molecule has 10 heteroatoms. The van der Waals surface area contributed by atoms with Crippen molar-refractivity contribution in [2.75, 3.05) is 0 Å². The van der Waals surface area contributed by atoms with Crippen molar-refractivity contribution in [1.29, 1.82) is 0 Å². The third-order valence-corrected chi connectivity index (χ3v) is 4.03. The summed E-state index contributed by atoms with van der Waals surface area (Å²) in [6.07, 6.45) is 0.524. The summed E-state index contributed by atoms with van der Waals surface area (Å²) in [7, 11) is 0. The van der Waals surface area contributed by atoms with Crippen LogP contribution in [0.1, 0.15) is 16.7 Å². The molecule has 0 saturated heterocycles. The van der Waals surface area contributed by atoms with Crippen LogP contribution in [0.15, 0.2) is 72.8 Å². The molecule has 1 unspecified atom stereocenters. The highest BCUT2D eigenvalue weighted by Crippen LogP contribution is 2.11. The van der Waals surface area contributed by atoms with Crippen molar-refractivity contribution < 1.29 is 44.7 Å². The van der Waals surface area contributed by atoms with Gasteiger partial charge in [0.15, 0.2) is 0 Å². The number of benzene rings is 3. The fourth-order valence-electron chi connectivity index (χ4n) is 2.31. The normalized spacial score (nSPS) is 9.89. The molecule has 0 heterocycles. The lowest BCUT2D eigenvalue weighted by molar-refractivity contribution is -0.191. The van der Waals surface area contributed by atoms with Gasteiger partial charge in [-0.25, -0.2) is 0 Å². The van der Waals surface area contributed by atoms with Gasteiger partial charge in [-0.3, -0.25) is 9.59 Å². The van der Waals surface area contributed by atoms with Crippen molar-refractivity contribution in [3.8, 4) is 17.2 Å². The van der Waals surface area contributed by atoms with E-state index in [9.17, 15) is 9.59 Å². The number of carboxylic acids is 2. The maximum atomic E-state index is 10.4. The van der Waals surface area contributed by atoms with E-state index >= 15 is 0 Å². The monoisotopic (exact) mass is 485 g/mol. The summed E-state index contributed by atoms with van der Waals surface area (Å²) in [6.45, 7) is 1.99. The Balaban J connectivity index is 0.000000479. The fourth-order valence-corrected chi connectivity index (χ4v) is 2.31. The van der Waals surface area contributed by atoms with Gasteiger partial charge >= 0.3 is 18.1 Å². The first-order chi connectivity index (χ1) is 16.5. The van der Waals surface area contributed by atoms with Crippen molar-refractivity contribution in [1.82, 2.24) is 0 Å². The molecule has 0 amide bonds. The van der Waals surface area contributed by atoms with Gasteiger partial charge in [0, 0.05) is 0 Å². The number of phenols is 3. The minimum absolute atomic E-state index is 0.000278. The van der Waals surface area contributed by atoms with Gasteiger partial charge in [-0.1, -0.05) is 42.0 Å². The molecule has 0 aromatic heterocycles. The van der Waals surface area contributed by atoms with Crippen LogP contribution < -0.4 is 5.73 Å². The SMILES string of the molecule is Cc1ccc(O)cc1.NC(Cc1ccc(O)cc1)C(=O)O.O=C(O)Cc1ccc(O)cc1.O=C=O. The molecule has 0 spiro atoms. The Kier molecular flexibility index (Phi) is 14.7. The summed E-state index contributed by atoms with van der Waals surface area (Å²) >= 11 is 0. The van der Waals surface area contributed by atoms with Crippen molar-refractivity contribution >= 4 is 18.1 Å². The van der Waals surface area contributed by atoms with Gasteiger partial charge in [-0.2, -0.15) is 9.59 Å². The standard InChI is InChI=1S/C9H11NO3.C8H8O3.C7H8O.CO2/c10-8(9(12)13)5-6-1-3-7(11)4-2-6;9-7-3-1-6(2-4-7)5-8(10)11;1-6-2-4-7(8)5-3-6;2-1-3/h1-4,8,11H,5,10H2,(H,12,13);1-4,9H,5H2,(H,10,11);2-5,8H,1H3;. The van der Waals surface area contributed by atoms with Gasteiger partial charge in [0.1, 0.15) is 23.3 Å². The second kappa shape index (κ2) is 16.9. The van der Waals surface area contributed by atoms with Gasteiger partial charge in [0.2, 0.25) is 0 Å². The number of hydrogen-bond donors (Lipinski definition) is 6. The third kappa shape index (κ3) is 15.7. The Hall–Kier alpha value is -4.66. The van der Waals surface area contributed by atoms with E-state index in [0.29, 0.717) is 11.3 Å². The molecule has 3 aromatic carbocycles. The molecular formula is C25H27NO9. The zero-order valence-electron chi connectivity index (χ0n) is 18.9. The number of hydrogen-bond acceptors (Lipinski definition) is 8. The van der Waals surface area contributed by atoms with E-state index < -0.39 is 18.0 Å². The van der Waals surface area contributed by atoms with Gasteiger partial charge in [-0.15, -0.1) is 0 Å². The summed E-state index contributed by atoms with van der Waals surface area (Å²) in [5.74, 6) is -1.24. The molecule has 186 valence electrons. The van der Waals surface area contributed by atoms with E-state index in [1.165, 1.54) is 29.8 Å². The number of aryl methyl sites for hydroxylation is 1. The van der Waals surface area contributed by atoms with Gasteiger partial charge < -0.3 is 31.3 Å². The molecule has 7 N–H and O–H groups in total. The predicted octanol–water partition coefficient (Wildman–Crippen LogP) is 2.48. The molecule has 10 nitrogen and oxygen atoms in total. The van der Waals surface area contributed by atoms with E-state index in [4.69, 9.17) is 40.9 Å². The second-order valence-corrected chi connectivity index (χ2v) is 6.97. The van der Waals surface area contributed by atoms with Crippen molar-refractivity contribution in [3.63, 3.8) is 0 Å². The molecular weight excluding hydrogens is 458 g/mol. The minimum atomic E-state index is -1.02. The molecule has 1 atom stereocenters. The fraction of sp³-hybridized carbons (Fsp3) is 0.160. The van der Waals surface area contributed by atoms with Crippen LogP contribution in [0.4, 0.5) is 0 Å². The number of aliphatic carboxylic acids is 2. The number of phenolic OH excluding ortho intramolecular Hbond substituents is 3. The Bertz CT molecular complexity index is 1040. The zero-order valence-corrected chi connectivity index (χ0v) is 18.9. The van der Waals surface area contributed by atoms with Crippen LogP contribution in [-0.2, 0) is 32.0 Å². The Morgan fingerprint density at radius 2 is 1.09 bits per heavy atom. The molecule has 0 radical (unpaired) electrons. The van der Waals surface area contributed by atoms with Crippen molar-refractivity contribution in [3.05, 3.63) is 89.5 Å². The van der Waals surface area contributed by atoms with E-state index in [0.717, 1.165) is 5.56 Å². The third-order valence-electron chi connectivity index (χ3n) is 4.03. The lowest BCUT2D eigenvalue weighted by atomic mass is 10.1. The van der Waals surface area contributed by atoms with Crippen LogP contribution in [0.3, 0.4) is 0 Å². The highest BCUT2D eigenvalue weighted by Gasteiger charge is 2.11. The summed E-state index contributed by atoms with van der Waals surface area (Å²) < 4.78 is 0. The molecule has 0 saturated carbocycles. The second-order valence-electron chi connectivity index (χ2n) is 6.97. The van der Waals surface area contributed by atoms with Crippen LogP contribution in [0, 0.1) is 6.92 Å². The average molecular weight is 485 g/mol. The molecule has 0 aliphatic carbocycles. The maximum absolute atomic E-state index is 10.4. The number of carbonyl (C=O) groups is 2. The van der Waals surface area contributed by atoms with E-state index in [1.54, 1.807) is 36.4 Å². The van der Waals surface area contributed by atoms with Crippen LogP contribution >= 0.6 is 0 Å². The lowest BCUT2D eigenvalue weighted by Crippen LogP contribution is -2.32. The van der Waals surface area contributed by atoms with Gasteiger partial charge in [-0.05, 0) is 60.9 Å².